The molecule has 2 N–H and O–H groups in total. The third-order valence-electron chi connectivity index (χ3n) is 2.87. The highest BCUT2D eigenvalue weighted by molar-refractivity contribution is 5.91. The zero-order chi connectivity index (χ0) is 13.5. The lowest BCUT2D eigenvalue weighted by molar-refractivity contribution is -0.122. The van der Waals surface area contributed by atoms with E-state index in [1.54, 1.807) is 6.07 Å². The van der Waals surface area contributed by atoms with Crippen molar-refractivity contribution in [2.45, 2.75) is 25.4 Å². The van der Waals surface area contributed by atoms with E-state index >= 15 is 0 Å². The summed E-state index contributed by atoms with van der Waals surface area (Å²) in [5, 5.41) is 2.60. The number of aromatic nitrogens is 1. The summed E-state index contributed by atoms with van der Waals surface area (Å²) in [6.07, 6.45) is 4.80. The van der Waals surface area contributed by atoms with Gasteiger partial charge < -0.3 is 19.8 Å². The maximum atomic E-state index is 11.6. The standard InChI is InChI=1S/C13H18N2O4/c16-12-7-10(4-5-14-12)15-13(17)9-18-8-11-3-1-2-6-19-11/h4-5,7,11H,1-3,6,8-9H2,(H2,14,15,16,17). The van der Waals surface area contributed by atoms with Gasteiger partial charge in [-0.1, -0.05) is 0 Å². The van der Waals surface area contributed by atoms with Crippen LogP contribution in [0.4, 0.5) is 5.69 Å². The molecule has 1 saturated heterocycles. The highest BCUT2D eigenvalue weighted by Crippen LogP contribution is 2.12. The second-order valence-corrected chi connectivity index (χ2v) is 4.49. The van der Waals surface area contributed by atoms with Crippen LogP contribution in [0.5, 0.6) is 0 Å². The monoisotopic (exact) mass is 266 g/mol. The van der Waals surface area contributed by atoms with Crippen molar-refractivity contribution >= 4 is 11.6 Å². The van der Waals surface area contributed by atoms with Gasteiger partial charge in [0.15, 0.2) is 0 Å². The van der Waals surface area contributed by atoms with Gasteiger partial charge in [0.05, 0.1) is 12.7 Å². The molecule has 0 bridgehead atoms. The van der Waals surface area contributed by atoms with Crippen molar-refractivity contribution in [2.75, 3.05) is 25.1 Å². The molecule has 19 heavy (non-hydrogen) atoms. The number of anilines is 1. The van der Waals surface area contributed by atoms with Crippen molar-refractivity contribution in [2.24, 2.45) is 0 Å². The van der Waals surface area contributed by atoms with Gasteiger partial charge in [0, 0.05) is 24.6 Å². The molecular formula is C13H18N2O4. The maximum Gasteiger partial charge on any atom is 0.250 e. The predicted octanol–water partition coefficient (Wildman–Crippen LogP) is 0.899. The second-order valence-electron chi connectivity index (χ2n) is 4.49. The molecule has 1 aliphatic rings. The number of carbonyl (C=O) groups is 1. The molecule has 0 saturated carbocycles. The van der Waals surface area contributed by atoms with Gasteiger partial charge in [0.25, 0.3) is 0 Å². The van der Waals surface area contributed by atoms with Crippen LogP contribution in [0.2, 0.25) is 0 Å². The molecule has 1 atom stereocenters. The fourth-order valence-corrected chi connectivity index (χ4v) is 1.94. The van der Waals surface area contributed by atoms with Crippen LogP contribution >= 0.6 is 0 Å². The van der Waals surface area contributed by atoms with E-state index in [2.05, 4.69) is 10.3 Å². The first-order valence-electron chi connectivity index (χ1n) is 6.42. The Morgan fingerprint density at radius 2 is 2.42 bits per heavy atom. The van der Waals surface area contributed by atoms with Gasteiger partial charge in [-0.15, -0.1) is 0 Å². The van der Waals surface area contributed by atoms with E-state index in [9.17, 15) is 9.59 Å². The Balaban J connectivity index is 1.68. The Kier molecular flexibility index (Phi) is 5.11. The molecule has 2 heterocycles. The summed E-state index contributed by atoms with van der Waals surface area (Å²) in [6, 6.07) is 2.94. The van der Waals surface area contributed by atoms with Crippen LogP contribution in [0.1, 0.15) is 19.3 Å². The molecule has 0 aliphatic carbocycles. The summed E-state index contributed by atoms with van der Waals surface area (Å²) < 4.78 is 10.8. The zero-order valence-corrected chi connectivity index (χ0v) is 10.7. The van der Waals surface area contributed by atoms with Crippen LogP contribution in [0.25, 0.3) is 0 Å². The molecule has 1 fully saturated rings. The molecule has 0 spiro atoms. The number of amides is 1. The van der Waals surface area contributed by atoms with E-state index in [-0.39, 0.29) is 24.2 Å². The van der Waals surface area contributed by atoms with E-state index in [4.69, 9.17) is 9.47 Å². The number of aromatic amines is 1. The van der Waals surface area contributed by atoms with Crippen molar-refractivity contribution in [3.05, 3.63) is 28.7 Å². The summed E-state index contributed by atoms with van der Waals surface area (Å²) in [5.41, 5.74) is 0.209. The van der Waals surface area contributed by atoms with E-state index in [0.717, 1.165) is 25.9 Å². The highest BCUT2D eigenvalue weighted by Gasteiger charge is 2.14. The van der Waals surface area contributed by atoms with Crippen molar-refractivity contribution in [1.82, 2.24) is 4.98 Å². The molecule has 1 aromatic heterocycles. The Labute approximate surface area is 111 Å². The Hall–Kier alpha value is -1.66. The minimum atomic E-state index is -0.276. The lowest BCUT2D eigenvalue weighted by Crippen LogP contribution is -2.27. The van der Waals surface area contributed by atoms with E-state index in [1.165, 1.54) is 12.3 Å². The van der Waals surface area contributed by atoms with E-state index in [0.29, 0.717) is 12.3 Å². The van der Waals surface area contributed by atoms with Gasteiger partial charge in [-0.2, -0.15) is 0 Å². The first-order valence-corrected chi connectivity index (χ1v) is 6.42. The molecule has 6 nitrogen and oxygen atoms in total. The summed E-state index contributed by atoms with van der Waals surface area (Å²) in [7, 11) is 0. The van der Waals surface area contributed by atoms with Crippen LogP contribution in [-0.4, -0.2) is 36.8 Å². The SMILES string of the molecule is O=C(COCC1CCCCO1)Nc1cc[nH]c(=O)c1. The minimum Gasteiger partial charge on any atom is -0.376 e. The Morgan fingerprint density at radius 3 is 3.16 bits per heavy atom. The van der Waals surface area contributed by atoms with Crippen LogP contribution in [-0.2, 0) is 14.3 Å². The Bertz CT molecular complexity index is 466. The van der Waals surface area contributed by atoms with E-state index in [1.807, 2.05) is 0 Å². The average Bonchev–Trinajstić information content (AvgIpc) is 2.40. The van der Waals surface area contributed by atoms with Gasteiger partial charge >= 0.3 is 0 Å². The Morgan fingerprint density at radius 1 is 1.53 bits per heavy atom. The third kappa shape index (κ3) is 4.84. The highest BCUT2D eigenvalue weighted by atomic mass is 16.5. The largest absolute Gasteiger partial charge is 0.376 e. The van der Waals surface area contributed by atoms with Gasteiger partial charge in [0.1, 0.15) is 6.61 Å². The first kappa shape index (κ1) is 13.8. The molecule has 1 aliphatic heterocycles. The van der Waals surface area contributed by atoms with Crippen molar-refractivity contribution < 1.29 is 14.3 Å². The summed E-state index contributed by atoms with van der Waals surface area (Å²) in [5.74, 6) is -0.276. The van der Waals surface area contributed by atoms with Crippen LogP contribution < -0.4 is 10.9 Å². The molecule has 1 amide bonds. The smallest absolute Gasteiger partial charge is 0.250 e. The fourth-order valence-electron chi connectivity index (χ4n) is 1.94. The molecule has 1 aromatic rings. The lowest BCUT2D eigenvalue weighted by Gasteiger charge is -2.22. The molecular weight excluding hydrogens is 248 g/mol. The third-order valence-corrected chi connectivity index (χ3v) is 2.87. The molecule has 2 rings (SSSR count). The van der Waals surface area contributed by atoms with E-state index < -0.39 is 0 Å². The number of nitrogens with one attached hydrogen (secondary N) is 2. The number of rotatable bonds is 5. The topological polar surface area (TPSA) is 80.4 Å². The number of ether oxygens (including phenoxy) is 2. The zero-order valence-electron chi connectivity index (χ0n) is 10.7. The molecule has 104 valence electrons. The van der Waals surface area contributed by atoms with Crippen molar-refractivity contribution in [1.29, 1.82) is 0 Å². The summed E-state index contributed by atoms with van der Waals surface area (Å²) in [6.45, 7) is 1.17. The van der Waals surface area contributed by atoms with Crippen molar-refractivity contribution in [3.8, 4) is 0 Å². The quantitative estimate of drug-likeness (QED) is 0.829. The molecule has 0 radical (unpaired) electrons. The second kappa shape index (κ2) is 7.06. The van der Waals surface area contributed by atoms with Crippen LogP contribution in [0, 0.1) is 0 Å². The van der Waals surface area contributed by atoms with Gasteiger partial charge in [-0.05, 0) is 25.3 Å². The normalized spacial score (nSPS) is 19.1. The minimum absolute atomic E-state index is 0.0351. The average molecular weight is 266 g/mol. The number of hydrogen-bond donors (Lipinski definition) is 2. The van der Waals surface area contributed by atoms with Crippen molar-refractivity contribution in [3.63, 3.8) is 0 Å². The number of H-pyrrole nitrogens is 1. The number of hydrogen-bond acceptors (Lipinski definition) is 4. The van der Waals surface area contributed by atoms with Crippen LogP contribution in [0.15, 0.2) is 23.1 Å². The predicted molar refractivity (Wildman–Crippen MR) is 70.1 cm³/mol. The molecule has 0 aromatic carbocycles. The summed E-state index contributed by atoms with van der Waals surface area (Å²) in [4.78, 5) is 25.1. The van der Waals surface area contributed by atoms with Gasteiger partial charge in [-0.3, -0.25) is 9.59 Å². The maximum absolute atomic E-state index is 11.6. The summed E-state index contributed by atoms with van der Waals surface area (Å²) >= 11 is 0. The fraction of sp³-hybridized carbons (Fsp3) is 0.538. The molecule has 6 heteroatoms. The lowest BCUT2D eigenvalue weighted by atomic mass is 10.1. The molecule has 1 unspecified atom stereocenters. The van der Waals surface area contributed by atoms with Gasteiger partial charge in [0.2, 0.25) is 11.5 Å². The van der Waals surface area contributed by atoms with Gasteiger partial charge in [-0.25, -0.2) is 0 Å². The number of pyridine rings is 1. The first-order chi connectivity index (χ1) is 9.24. The number of carbonyl (C=O) groups excluding carboxylic acids is 1. The van der Waals surface area contributed by atoms with Crippen LogP contribution in [0.3, 0.4) is 0 Å².